The van der Waals surface area contributed by atoms with Gasteiger partial charge in [-0.1, -0.05) is 30.3 Å². The minimum atomic E-state index is -0.222. The molecule has 0 radical (unpaired) electrons. The first kappa shape index (κ1) is 13.7. The summed E-state index contributed by atoms with van der Waals surface area (Å²) in [6.07, 6.45) is 2.66. The van der Waals surface area contributed by atoms with Gasteiger partial charge in [0.15, 0.2) is 0 Å². The Morgan fingerprint density at radius 2 is 2.21 bits per heavy atom. The minimum absolute atomic E-state index is 0.169. The molecule has 5 heteroatoms. The first-order valence-electron chi connectivity index (χ1n) is 6.48. The largest absolute Gasteiger partial charge is 0.305 e. The number of benzene rings is 1. The quantitative estimate of drug-likeness (QED) is 0.899. The van der Waals surface area contributed by atoms with Gasteiger partial charge in [0.05, 0.1) is 17.9 Å². The van der Waals surface area contributed by atoms with Gasteiger partial charge in [-0.3, -0.25) is 4.68 Å². The van der Waals surface area contributed by atoms with Gasteiger partial charge in [0, 0.05) is 12.6 Å². The average molecular weight is 262 g/mol. The second kappa shape index (κ2) is 5.93. The van der Waals surface area contributed by atoms with Crippen molar-refractivity contribution in [3.8, 4) is 0 Å². The molecule has 0 fully saturated rings. The van der Waals surface area contributed by atoms with Crippen molar-refractivity contribution in [3.05, 3.63) is 47.0 Å². The normalized spacial score (nSPS) is 12.6. The SMILES string of the molecule is CCCNC(c1cccc(C)c1F)c1cnnn1C. The highest BCUT2D eigenvalue weighted by molar-refractivity contribution is 5.32. The number of aryl methyl sites for hydroxylation is 2. The summed E-state index contributed by atoms with van der Waals surface area (Å²) >= 11 is 0. The molecule has 1 aromatic heterocycles. The number of hydrogen-bond acceptors (Lipinski definition) is 3. The third-order valence-corrected chi connectivity index (χ3v) is 3.18. The summed E-state index contributed by atoms with van der Waals surface area (Å²) in [6.45, 7) is 4.67. The van der Waals surface area contributed by atoms with Crippen LogP contribution in [0.25, 0.3) is 0 Å². The molecule has 1 unspecified atom stereocenters. The Morgan fingerprint density at radius 1 is 1.42 bits per heavy atom. The van der Waals surface area contributed by atoms with E-state index in [4.69, 9.17) is 0 Å². The average Bonchev–Trinajstić information content (AvgIpc) is 2.81. The Labute approximate surface area is 112 Å². The summed E-state index contributed by atoms with van der Waals surface area (Å²) in [5.41, 5.74) is 2.15. The molecule has 0 aliphatic carbocycles. The van der Waals surface area contributed by atoms with E-state index >= 15 is 0 Å². The fraction of sp³-hybridized carbons (Fsp3) is 0.429. The smallest absolute Gasteiger partial charge is 0.131 e. The van der Waals surface area contributed by atoms with Gasteiger partial charge in [0.25, 0.3) is 0 Å². The molecule has 1 heterocycles. The second-order valence-electron chi connectivity index (χ2n) is 4.65. The number of nitrogens with one attached hydrogen (secondary N) is 1. The van der Waals surface area contributed by atoms with Gasteiger partial charge in [-0.25, -0.2) is 4.39 Å². The lowest BCUT2D eigenvalue weighted by atomic mass is 10.0. The molecule has 19 heavy (non-hydrogen) atoms. The van der Waals surface area contributed by atoms with Crippen molar-refractivity contribution >= 4 is 0 Å². The zero-order chi connectivity index (χ0) is 13.8. The van der Waals surface area contributed by atoms with Crippen LogP contribution in [0, 0.1) is 12.7 Å². The van der Waals surface area contributed by atoms with E-state index in [1.54, 1.807) is 23.9 Å². The van der Waals surface area contributed by atoms with Crippen LogP contribution >= 0.6 is 0 Å². The molecule has 102 valence electrons. The highest BCUT2D eigenvalue weighted by atomic mass is 19.1. The lowest BCUT2D eigenvalue weighted by Gasteiger charge is -2.20. The Kier molecular flexibility index (Phi) is 4.27. The molecule has 2 aromatic rings. The van der Waals surface area contributed by atoms with Gasteiger partial charge < -0.3 is 5.32 Å². The van der Waals surface area contributed by atoms with Gasteiger partial charge in [-0.2, -0.15) is 0 Å². The Morgan fingerprint density at radius 3 is 2.84 bits per heavy atom. The summed E-state index contributed by atoms with van der Waals surface area (Å²) in [4.78, 5) is 0. The predicted molar refractivity (Wildman–Crippen MR) is 72.3 cm³/mol. The van der Waals surface area contributed by atoms with E-state index in [9.17, 15) is 4.39 Å². The van der Waals surface area contributed by atoms with Gasteiger partial charge >= 0.3 is 0 Å². The lowest BCUT2D eigenvalue weighted by molar-refractivity contribution is 0.516. The van der Waals surface area contributed by atoms with Crippen molar-refractivity contribution in [2.75, 3.05) is 6.54 Å². The van der Waals surface area contributed by atoms with Crippen LogP contribution in [0.3, 0.4) is 0 Å². The zero-order valence-electron chi connectivity index (χ0n) is 11.5. The summed E-state index contributed by atoms with van der Waals surface area (Å²) in [7, 11) is 1.82. The fourth-order valence-corrected chi connectivity index (χ4v) is 2.11. The fourth-order valence-electron chi connectivity index (χ4n) is 2.11. The van der Waals surface area contributed by atoms with Gasteiger partial charge in [0.1, 0.15) is 5.82 Å². The molecular formula is C14H19FN4. The van der Waals surface area contributed by atoms with E-state index in [0.717, 1.165) is 18.7 Å². The number of hydrogen-bond donors (Lipinski definition) is 1. The van der Waals surface area contributed by atoms with Crippen molar-refractivity contribution in [2.24, 2.45) is 7.05 Å². The van der Waals surface area contributed by atoms with E-state index in [-0.39, 0.29) is 11.9 Å². The third-order valence-electron chi connectivity index (χ3n) is 3.18. The molecule has 0 aliphatic rings. The van der Waals surface area contributed by atoms with Gasteiger partial charge in [-0.15, -0.1) is 5.10 Å². The Balaban J connectivity index is 2.43. The summed E-state index contributed by atoms with van der Waals surface area (Å²) < 4.78 is 16.0. The van der Waals surface area contributed by atoms with Crippen molar-refractivity contribution in [1.82, 2.24) is 20.3 Å². The number of halogens is 1. The molecule has 4 nitrogen and oxygen atoms in total. The monoisotopic (exact) mass is 262 g/mol. The van der Waals surface area contributed by atoms with Crippen LogP contribution < -0.4 is 5.32 Å². The maximum atomic E-state index is 14.3. The maximum Gasteiger partial charge on any atom is 0.131 e. The first-order valence-corrected chi connectivity index (χ1v) is 6.48. The van der Waals surface area contributed by atoms with E-state index in [1.807, 2.05) is 19.2 Å². The summed E-state index contributed by atoms with van der Waals surface area (Å²) in [5.74, 6) is -0.169. The summed E-state index contributed by atoms with van der Waals surface area (Å²) in [6, 6.07) is 5.23. The van der Waals surface area contributed by atoms with Crippen molar-refractivity contribution < 1.29 is 4.39 Å². The molecular weight excluding hydrogens is 243 g/mol. The molecule has 0 saturated heterocycles. The topological polar surface area (TPSA) is 42.7 Å². The molecule has 0 saturated carbocycles. The van der Waals surface area contributed by atoms with Crippen molar-refractivity contribution in [3.63, 3.8) is 0 Å². The molecule has 0 bridgehead atoms. The van der Waals surface area contributed by atoms with E-state index < -0.39 is 0 Å². The van der Waals surface area contributed by atoms with Crippen LogP contribution in [0.15, 0.2) is 24.4 Å². The minimum Gasteiger partial charge on any atom is -0.305 e. The standard InChI is InChI=1S/C14H19FN4/c1-4-8-16-14(12-9-17-18-19(12)3)11-7-5-6-10(2)13(11)15/h5-7,9,14,16H,4,8H2,1-3H3. The Hall–Kier alpha value is -1.75. The lowest BCUT2D eigenvalue weighted by Crippen LogP contribution is -2.26. The van der Waals surface area contributed by atoms with E-state index in [1.165, 1.54) is 0 Å². The Bertz CT molecular complexity index is 550. The molecule has 1 atom stereocenters. The molecule has 1 aromatic carbocycles. The number of nitrogens with zero attached hydrogens (tertiary/aromatic N) is 3. The highest BCUT2D eigenvalue weighted by Gasteiger charge is 2.21. The van der Waals surface area contributed by atoms with Crippen molar-refractivity contribution in [1.29, 1.82) is 0 Å². The molecule has 0 amide bonds. The summed E-state index contributed by atoms with van der Waals surface area (Å²) in [5, 5.41) is 11.2. The molecule has 0 aliphatic heterocycles. The van der Waals surface area contributed by atoms with Gasteiger partial charge in [-0.05, 0) is 25.5 Å². The molecule has 2 rings (SSSR count). The van der Waals surface area contributed by atoms with Crippen LogP contribution in [0.2, 0.25) is 0 Å². The number of rotatable bonds is 5. The molecule has 1 N–H and O–H groups in total. The van der Waals surface area contributed by atoms with Crippen LogP contribution in [0.4, 0.5) is 4.39 Å². The van der Waals surface area contributed by atoms with Crippen LogP contribution in [0.5, 0.6) is 0 Å². The molecule has 0 spiro atoms. The second-order valence-corrected chi connectivity index (χ2v) is 4.65. The van der Waals surface area contributed by atoms with Crippen molar-refractivity contribution in [2.45, 2.75) is 26.3 Å². The van der Waals surface area contributed by atoms with E-state index in [0.29, 0.717) is 11.1 Å². The first-order chi connectivity index (χ1) is 9.15. The maximum absolute atomic E-state index is 14.3. The predicted octanol–water partition coefficient (Wildman–Crippen LogP) is 2.35. The zero-order valence-corrected chi connectivity index (χ0v) is 11.5. The van der Waals surface area contributed by atoms with E-state index in [2.05, 4.69) is 22.6 Å². The van der Waals surface area contributed by atoms with Crippen LogP contribution in [-0.2, 0) is 7.05 Å². The van der Waals surface area contributed by atoms with Crippen LogP contribution in [0.1, 0.15) is 36.2 Å². The third kappa shape index (κ3) is 2.81. The van der Waals surface area contributed by atoms with Crippen LogP contribution in [-0.4, -0.2) is 21.5 Å². The number of aromatic nitrogens is 3. The van der Waals surface area contributed by atoms with Gasteiger partial charge in [0.2, 0.25) is 0 Å². The highest BCUT2D eigenvalue weighted by Crippen LogP contribution is 2.25.